The lowest BCUT2D eigenvalue weighted by molar-refractivity contribution is -0.123. The Labute approximate surface area is 123 Å². The van der Waals surface area contributed by atoms with Gasteiger partial charge in [0.25, 0.3) is 0 Å². The first-order valence-electron chi connectivity index (χ1n) is 7.05. The average Bonchev–Trinajstić information content (AvgIpc) is 2.48. The van der Waals surface area contributed by atoms with Crippen molar-refractivity contribution < 1.29 is 4.79 Å². The van der Waals surface area contributed by atoms with E-state index in [9.17, 15) is 4.79 Å². The maximum absolute atomic E-state index is 11.9. The zero-order chi connectivity index (χ0) is 14.8. The Hall–Kier alpha value is -2.27. The molecule has 0 radical (unpaired) electrons. The van der Waals surface area contributed by atoms with Crippen LogP contribution in [0.3, 0.4) is 0 Å². The highest BCUT2D eigenvalue weighted by atomic mass is 16.1. The van der Waals surface area contributed by atoms with Crippen molar-refractivity contribution in [2.75, 3.05) is 6.54 Å². The van der Waals surface area contributed by atoms with Crippen LogP contribution in [-0.4, -0.2) is 27.3 Å². The molecule has 5 nitrogen and oxygen atoms in total. The van der Waals surface area contributed by atoms with Crippen molar-refractivity contribution in [3.05, 3.63) is 59.2 Å². The highest BCUT2D eigenvalue weighted by Gasteiger charge is 2.29. The number of benzene rings is 1. The summed E-state index contributed by atoms with van der Waals surface area (Å²) in [5.41, 5.74) is 8.72. The molecule has 1 aromatic heterocycles. The molecule has 1 aromatic carbocycles. The standard InChI is InChI=1S/C16H18N4O/c1-11-18-9-13-7-8-20(10-14(13)19-11)15(16(17)21)12-5-3-2-4-6-12/h2-6,9,15H,7-8,10H2,1H3,(H2,17,21). The summed E-state index contributed by atoms with van der Waals surface area (Å²) in [7, 11) is 0. The van der Waals surface area contributed by atoms with Gasteiger partial charge in [-0.1, -0.05) is 30.3 Å². The van der Waals surface area contributed by atoms with Crippen molar-refractivity contribution in [3.8, 4) is 0 Å². The summed E-state index contributed by atoms with van der Waals surface area (Å²) in [6, 6.07) is 9.26. The van der Waals surface area contributed by atoms with Crippen LogP contribution < -0.4 is 5.73 Å². The topological polar surface area (TPSA) is 72.1 Å². The molecular weight excluding hydrogens is 264 g/mol. The first-order valence-corrected chi connectivity index (χ1v) is 7.05. The molecule has 1 unspecified atom stereocenters. The fourth-order valence-corrected chi connectivity index (χ4v) is 2.83. The van der Waals surface area contributed by atoms with Crippen LogP contribution in [0.25, 0.3) is 0 Å². The van der Waals surface area contributed by atoms with Gasteiger partial charge < -0.3 is 5.73 Å². The average molecular weight is 282 g/mol. The Balaban J connectivity index is 1.91. The van der Waals surface area contributed by atoms with Gasteiger partial charge in [-0.25, -0.2) is 9.97 Å². The van der Waals surface area contributed by atoms with Crippen LogP contribution in [0.4, 0.5) is 0 Å². The summed E-state index contributed by atoms with van der Waals surface area (Å²) in [4.78, 5) is 22.7. The second kappa shape index (κ2) is 5.61. The van der Waals surface area contributed by atoms with E-state index < -0.39 is 6.04 Å². The van der Waals surface area contributed by atoms with E-state index in [-0.39, 0.29) is 5.91 Å². The molecule has 0 bridgehead atoms. The molecule has 2 heterocycles. The summed E-state index contributed by atoms with van der Waals surface area (Å²) in [5, 5.41) is 0. The monoisotopic (exact) mass is 282 g/mol. The first kappa shape index (κ1) is 13.7. The number of nitrogens with two attached hydrogens (primary N) is 1. The molecule has 0 spiro atoms. The van der Waals surface area contributed by atoms with Crippen LogP contribution in [0, 0.1) is 6.92 Å². The lowest BCUT2D eigenvalue weighted by Gasteiger charge is -2.33. The Kier molecular flexibility index (Phi) is 3.66. The number of rotatable bonds is 3. The summed E-state index contributed by atoms with van der Waals surface area (Å²) < 4.78 is 0. The van der Waals surface area contributed by atoms with Crippen LogP contribution in [-0.2, 0) is 17.8 Å². The summed E-state index contributed by atoms with van der Waals surface area (Å²) >= 11 is 0. The van der Waals surface area contributed by atoms with Crippen LogP contribution in [0.2, 0.25) is 0 Å². The van der Waals surface area contributed by atoms with Crippen LogP contribution >= 0.6 is 0 Å². The molecule has 0 saturated heterocycles. The highest BCUT2D eigenvalue weighted by Crippen LogP contribution is 2.26. The van der Waals surface area contributed by atoms with Crippen molar-refractivity contribution in [3.63, 3.8) is 0 Å². The third kappa shape index (κ3) is 2.78. The number of fused-ring (bicyclic) bond motifs is 1. The fraction of sp³-hybridized carbons (Fsp3) is 0.312. The molecule has 2 aromatic rings. The normalized spacial score (nSPS) is 16.2. The minimum Gasteiger partial charge on any atom is -0.368 e. The van der Waals surface area contributed by atoms with Crippen molar-refractivity contribution >= 4 is 5.91 Å². The molecule has 2 N–H and O–H groups in total. The minimum absolute atomic E-state index is 0.324. The highest BCUT2D eigenvalue weighted by molar-refractivity contribution is 5.81. The Morgan fingerprint density at radius 3 is 2.81 bits per heavy atom. The number of nitrogens with zero attached hydrogens (tertiary/aromatic N) is 3. The summed E-state index contributed by atoms with van der Waals surface area (Å²) in [6.07, 6.45) is 2.73. The number of aromatic nitrogens is 2. The molecule has 21 heavy (non-hydrogen) atoms. The molecule has 0 saturated carbocycles. The lowest BCUT2D eigenvalue weighted by atomic mass is 10.00. The number of carbonyl (C=O) groups excluding carboxylic acids is 1. The quantitative estimate of drug-likeness (QED) is 0.923. The van der Waals surface area contributed by atoms with E-state index in [2.05, 4.69) is 14.9 Å². The second-order valence-corrected chi connectivity index (χ2v) is 5.33. The van der Waals surface area contributed by atoms with Gasteiger partial charge in [0.05, 0.1) is 5.69 Å². The van der Waals surface area contributed by atoms with Crippen LogP contribution in [0.5, 0.6) is 0 Å². The molecule has 108 valence electrons. The zero-order valence-corrected chi connectivity index (χ0v) is 12.0. The largest absolute Gasteiger partial charge is 0.368 e. The Bertz CT molecular complexity index is 657. The van der Waals surface area contributed by atoms with Gasteiger partial charge >= 0.3 is 0 Å². The van der Waals surface area contributed by atoms with E-state index in [1.165, 1.54) is 0 Å². The maximum Gasteiger partial charge on any atom is 0.239 e. The Morgan fingerprint density at radius 1 is 1.33 bits per heavy atom. The van der Waals surface area contributed by atoms with E-state index in [1.807, 2.05) is 43.5 Å². The minimum atomic E-state index is -0.408. The van der Waals surface area contributed by atoms with Gasteiger partial charge in [0.15, 0.2) is 0 Å². The zero-order valence-electron chi connectivity index (χ0n) is 12.0. The molecule has 0 fully saturated rings. The maximum atomic E-state index is 11.9. The molecule has 3 rings (SSSR count). The number of primary amides is 1. The first-order chi connectivity index (χ1) is 10.1. The second-order valence-electron chi connectivity index (χ2n) is 5.33. The van der Waals surface area contributed by atoms with Gasteiger partial charge in [0.1, 0.15) is 11.9 Å². The number of aryl methyl sites for hydroxylation is 1. The van der Waals surface area contributed by atoms with E-state index in [0.717, 1.165) is 35.6 Å². The summed E-state index contributed by atoms with van der Waals surface area (Å²) in [6.45, 7) is 3.28. The van der Waals surface area contributed by atoms with E-state index in [0.29, 0.717) is 6.54 Å². The van der Waals surface area contributed by atoms with Gasteiger partial charge in [-0.15, -0.1) is 0 Å². The van der Waals surface area contributed by atoms with Crippen LogP contribution in [0.1, 0.15) is 28.7 Å². The molecule has 0 aliphatic carbocycles. The molecule has 1 amide bonds. The third-order valence-corrected chi connectivity index (χ3v) is 3.85. The molecule has 1 aliphatic rings. The smallest absolute Gasteiger partial charge is 0.239 e. The number of amides is 1. The van der Waals surface area contributed by atoms with E-state index in [1.54, 1.807) is 0 Å². The van der Waals surface area contributed by atoms with Crippen LogP contribution in [0.15, 0.2) is 36.5 Å². The van der Waals surface area contributed by atoms with Gasteiger partial charge in [-0.05, 0) is 24.5 Å². The predicted octanol–water partition coefficient (Wildman–Crippen LogP) is 1.37. The summed E-state index contributed by atoms with van der Waals surface area (Å²) in [5.74, 6) is 0.432. The van der Waals surface area contributed by atoms with Gasteiger partial charge in [-0.2, -0.15) is 0 Å². The SMILES string of the molecule is Cc1ncc2c(n1)CN(C(C(N)=O)c1ccccc1)CC2. The number of hydrogen-bond acceptors (Lipinski definition) is 4. The molecule has 1 atom stereocenters. The molecule has 1 aliphatic heterocycles. The van der Waals surface area contributed by atoms with Gasteiger partial charge in [-0.3, -0.25) is 9.69 Å². The number of carbonyl (C=O) groups is 1. The predicted molar refractivity (Wildman–Crippen MR) is 79.3 cm³/mol. The van der Waals surface area contributed by atoms with E-state index >= 15 is 0 Å². The third-order valence-electron chi connectivity index (χ3n) is 3.85. The van der Waals surface area contributed by atoms with Crippen molar-refractivity contribution in [2.45, 2.75) is 25.9 Å². The number of hydrogen-bond donors (Lipinski definition) is 1. The fourth-order valence-electron chi connectivity index (χ4n) is 2.83. The van der Waals surface area contributed by atoms with Gasteiger partial charge in [0.2, 0.25) is 5.91 Å². The van der Waals surface area contributed by atoms with Gasteiger partial charge in [0, 0.05) is 19.3 Å². The van der Waals surface area contributed by atoms with Crippen molar-refractivity contribution in [1.29, 1.82) is 0 Å². The lowest BCUT2D eigenvalue weighted by Crippen LogP contribution is -2.41. The van der Waals surface area contributed by atoms with E-state index in [4.69, 9.17) is 5.73 Å². The molecular formula is C16H18N4O. The van der Waals surface area contributed by atoms with Crippen molar-refractivity contribution in [1.82, 2.24) is 14.9 Å². The van der Waals surface area contributed by atoms with Crippen molar-refractivity contribution in [2.24, 2.45) is 5.73 Å². The molecule has 5 heteroatoms. The Morgan fingerprint density at radius 2 is 2.10 bits per heavy atom.